The van der Waals surface area contributed by atoms with E-state index in [1.165, 1.54) is 25.7 Å². The molecule has 4 heteroatoms. The molecule has 21 heavy (non-hydrogen) atoms. The lowest BCUT2D eigenvalue weighted by atomic mass is 9.97. The molecule has 1 amide bonds. The molecule has 1 atom stereocenters. The van der Waals surface area contributed by atoms with Crippen LogP contribution in [0.1, 0.15) is 55.8 Å². The number of fused-ring (bicyclic) bond motifs is 1. The van der Waals surface area contributed by atoms with Gasteiger partial charge in [0.25, 0.3) is 5.91 Å². The van der Waals surface area contributed by atoms with Gasteiger partial charge in [-0.3, -0.25) is 9.59 Å². The number of hydrogen-bond donors (Lipinski definition) is 1. The lowest BCUT2D eigenvalue weighted by molar-refractivity contribution is -0.122. The number of nitrogens with one attached hydrogen (secondary N) is 1. The van der Waals surface area contributed by atoms with Gasteiger partial charge >= 0.3 is 0 Å². The Hall–Kier alpha value is -1.84. The molecule has 1 aliphatic carbocycles. The van der Waals surface area contributed by atoms with Crippen molar-refractivity contribution in [3.63, 3.8) is 0 Å². The summed E-state index contributed by atoms with van der Waals surface area (Å²) in [6, 6.07) is 5.30. The monoisotopic (exact) mass is 287 g/mol. The molecule has 0 spiro atoms. The summed E-state index contributed by atoms with van der Waals surface area (Å²) in [6.07, 6.45) is 6.23. The topological polar surface area (TPSA) is 55.4 Å². The fourth-order valence-electron chi connectivity index (χ4n) is 3.16. The molecule has 3 rings (SSSR count). The van der Waals surface area contributed by atoms with Crippen molar-refractivity contribution in [3.8, 4) is 5.75 Å². The van der Waals surface area contributed by atoms with Gasteiger partial charge in [-0.05, 0) is 37.5 Å². The van der Waals surface area contributed by atoms with Crippen molar-refractivity contribution in [1.82, 2.24) is 0 Å². The Balaban J connectivity index is 1.67. The van der Waals surface area contributed by atoms with E-state index in [2.05, 4.69) is 5.32 Å². The van der Waals surface area contributed by atoms with Gasteiger partial charge in [-0.15, -0.1) is 0 Å². The van der Waals surface area contributed by atoms with Crippen LogP contribution in [0.5, 0.6) is 5.75 Å². The number of carbonyl (C=O) groups excluding carboxylic acids is 2. The molecule has 0 saturated heterocycles. The van der Waals surface area contributed by atoms with Crippen molar-refractivity contribution < 1.29 is 14.3 Å². The molecule has 1 N–H and O–H groups in total. The lowest BCUT2D eigenvalue weighted by Crippen LogP contribution is -2.34. The quantitative estimate of drug-likeness (QED) is 0.861. The van der Waals surface area contributed by atoms with Crippen LogP contribution >= 0.6 is 0 Å². The van der Waals surface area contributed by atoms with Gasteiger partial charge in [-0.2, -0.15) is 0 Å². The molecule has 1 unspecified atom stereocenters. The zero-order chi connectivity index (χ0) is 14.8. The summed E-state index contributed by atoms with van der Waals surface area (Å²) in [5, 5.41) is 2.79. The summed E-state index contributed by atoms with van der Waals surface area (Å²) >= 11 is 0. The van der Waals surface area contributed by atoms with E-state index in [9.17, 15) is 9.59 Å². The number of Topliss-reactive ketones (excluding diaryl/α,β-unsaturated/α-hetero) is 1. The third-order valence-electron chi connectivity index (χ3n) is 4.49. The van der Waals surface area contributed by atoms with Gasteiger partial charge in [0.2, 0.25) is 0 Å². The molecule has 1 aliphatic heterocycles. The molecular formula is C17H21NO3. The number of amides is 1. The Kier molecular flexibility index (Phi) is 3.95. The van der Waals surface area contributed by atoms with Gasteiger partial charge in [-0.1, -0.05) is 25.7 Å². The minimum atomic E-state index is -0.485. The molecule has 1 fully saturated rings. The molecule has 0 aromatic heterocycles. The van der Waals surface area contributed by atoms with E-state index in [-0.39, 0.29) is 11.7 Å². The summed E-state index contributed by atoms with van der Waals surface area (Å²) in [5.74, 6) is 1.33. The minimum Gasteiger partial charge on any atom is -0.479 e. The largest absolute Gasteiger partial charge is 0.479 e. The van der Waals surface area contributed by atoms with E-state index in [4.69, 9.17) is 4.74 Å². The van der Waals surface area contributed by atoms with Crippen molar-refractivity contribution in [1.29, 1.82) is 0 Å². The average Bonchev–Trinajstić information content (AvgIpc) is 2.99. The highest BCUT2D eigenvalue weighted by molar-refractivity contribution is 6.01. The highest BCUT2D eigenvalue weighted by atomic mass is 16.5. The molecular weight excluding hydrogens is 266 g/mol. The maximum absolute atomic E-state index is 12.3. The zero-order valence-corrected chi connectivity index (χ0v) is 12.4. The first kappa shape index (κ1) is 14.1. The summed E-state index contributed by atoms with van der Waals surface area (Å²) in [7, 11) is 0. The Bertz CT molecular complexity index is 561. The molecule has 112 valence electrons. The number of benzene rings is 1. The second-order valence-corrected chi connectivity index (χ2v) is 6.07. The van der Waals surface area contributed by atoms with Gasteiger partial charge < -0.3 is 10.1 Å². The molecule has 1 aromatic carbocycles. The number of anilines is 1. The van der Waals surface area contributed by atoms with E-state index in [1.807, 2.05) is 0 Å². The molecule has 0 bridgehead atoms. The van der Waals surface area contributed by atoms with Crippen LogP contribution in [0.2, 0.25) is 0 Å². The number of carbonyl (C=O) groups is 2. The second-order valence-electron chi connectivity index (χ2n) is 6.07. The number of rotatable bonds is 4. The third-order valence-corrected chi connectivity index (χ3v) is 4.49. The number of ketones is 1. The van der Waals surface area contributed by atoms with Gasteiger partial charge in [0.1, 0.15) is 5.75 Å². The highest BCUT2D eigenvalue weighted by Gasteiger charge is 2.24. The first-order valence-electron chi connectivity index (χ1n) is 7.78. The lowest BCUT2D eigenvalue weighted by Gasteiger charge is -2.23. The van der Waals surface area contributed by atoms with Gasteiger partial charge in [0.05, 0.1) is 5.69 Å². The smallest absolute Gasteiger partial charge is 0.265 e. The van der Waals surface area contributed by atoms with Crippen molar-refractivity contribution in [3.05, 3.63) is 23.8 Å². The zero-order valence-electron chi connectivity index (χ0n) is 12.4. The Labute approximate surface area is 124 Å². The van der Waals surface area contributed by atoms with E-state index >= 15 is 0 Å². The normalized spacial score (nSPS) is 21.6. The SMILES string of the molecule is CC1Oc2ccc(C(=O)CCC3CCCC3)cc2NC1=O. The predicted octanol–water partition coefficient (Wildman–Crippen LogP) is 3.56. The van der Waals surface area contributed by atoms with Crippen molar-refractivity contribution in [2.75, 3.05) is 5.32 Å². The van der Waals surface area contributed by atoms with Crippen molar-refractivity contribution in [2.45, 2.75) is 51.6 Å². The second kappa shape index (κ2) is 5.88. The van der Waals surface area contributed by atoms with Crippen LogP contribution in [0.3, 0.4) is 0 Å². The van der Waals surface area contributed by atoms with E-state index < -0.39 is 6.10 Å². The van der Waals surface area contributed by atoms with Crippen LogP contribution < -0.4 is 10.1 Å². The molecule has 1 heterocycles. The van der Waals surface area contributed by atoms with Crippen LogP contribution in [0.15, 0.2) is 18.2 Å². The summed E-state index contributed by atoms with van der Waals surface area (Å²) in [5.41, 5.74) is 1.26. The Morgan fingerprint density at radius 2 is 2.10 bits per heavy atom. The molecule has 0 radical (unpaired) electrons. The first-order valence-corrected chi connectivity index (χ1v) is 7.78. The fourth-order valence-corrected chi connectivity index (χ4v) is 3.16. The van der Waals surface area contributed by atoms with Crippen LogP contribution in [-0.4, -0.2) is 17.8 Å². The standard InChI is InChI=1S/C17H21NO3/c1-11-17(20)18-14-10-13(7-9-16(14)21-11)15(19)8-6-12-4-2-3-5-12/h7,9-12H,2-6,8H2,1H3,(H,18,20). The van der Waals surface area contributed by atoms with Gasteiger partial charge in [0, 0.05) is 12.0 Å². The van der Waals surface area contributed by atoms with Gasteiger partial charge in [-0.25, -0.2) is 0 Å². The number of ether oxygens (including phenoxy) is 1. The average molecular weight is 287 g/mol. The van der Waals surface area contributed by atoms with Crippen LogP contribution in [0.4, 0.5) is 5.69 Å². The molecule has 1 aromatic rings. The first-order chi connectivity index (χ1) is 10.1. The van der Waals surface area contributed by atoms with Crippen LogP contribution in [0.25, 0.3) is 0 Å². The summed E-state index contributed by atoms with van der Waals surface area (Å²) in [6.45, 7) is 1.71. The maximum atomic E-state index is 12.3. The summed E-state index contributed by atoms with van der Waals surface area (Å²) in [4.78, 5) is 23.9. The van der Waals surface area contributed by atoms with E-state index in [0.717, 1.165) is 12.3 Å². The molecule has 1 saturated carbocycles. The highest BCUT2D eigenvalue weighted by Crippen LogP contribution is 2.32. The Morgan fingerprint density at radius 1 is 1.33 bits per heavy atom. The molecule has 2 aliphatic rings. The number of hydrogen-bond acceptors (Lipinski definition) is 3. The van der Waals surface area contributed by atoms with Crippen molar-refractivity contribution >= 4 is 17.4 Å². The predicted molar refractivity (Wildman–Crippen MR) is 80.7 cm³/mol. The van der Waals surface area contributed by atoms with Crippen LogP contribution in [0, 0.1) is 5.92 Å². The van der Waals surface area contributed by atoms with Gasteiger partial charge in [0.15, 0.2) is 11.9 Å². The summed E-state index contributed by atoms with van der Waals surface area (Å²) < 4.78 is 5.50. The molecule has 4 nitrogen and oxygen atoms in total. The van der Waals surface area contributed by atoms with Crippen molar-refractivity contribution in [2.24, 2.45) is 5.92 Å². The third kappa shape index (κ3) is 3.09. The fraction of sp³-hybridized carbons (Fsp3) is 0.529. The maximum Gasteiger partial charge on any atom is 0.265 e. The van der Waals surface area contributed by atoms with E-state index in [0.29, 0.717) is 23.4 Å². The van der Waals surface area contributed by atoms with Crippen LogP contribution in [-0.2, 0) is 4.79 Å². The Morgan fingerprint density at radius 3 is 2.86 bits per heavy atom. The van der Waals surface area contributed by atoms with E-state index in [1.54, 1.807) is 25.1 Å². The minimum absolute atomic E-state index is 0.151.